The second-order valence-corrected chi connectivity index (χ2v) is 4.55. The lowest BCUT2D eigenvalue weighted by atomic mass is 10.2. The summed E-state index contributed by atoms with van der Waals surface area (Å²) in [6, 6.07) is 10.3. The van der Waals surface area contributed by atoms with Crippen LogP contribution in [0.1, 0.15) is 11.1 Å². The van der Waals surface area contributed by atoms with E-state index in [1.54, 1.807) is 11.3 Å². The lowest BCUT2D eigenvalue weighted by Gasteiger charge is -1.95. The van der Waals surface area contributed by atoms with Gasteiger partial charge in [0, 0.05) is 4.47 Å². The van der Waals surface area contributed by atoms with Crippen molar-refractivity contribution in [3.05, 3.63) is 56.7 Å². The Labute approximate surface area is 96.0 Å². The van der Waals surface area contributed by atoms with Crippen LogP contribution < -0.4 is 0 Å². The molecule has 0 saturated heterocycles. The molecule has 0 saturated carbocycles. The van der Waals surface area contributed by atoms with Gasteiger partial charge in [-0.2, -0.15) is 11.3 Å². The van der Waals surface area contributed by atoms with Gasteiger partial charge in [-0.1, -0.05) is 46.3 Å². The summed E-state index contributed by atoms with van der Waals surface area (Å²) in [6.07, 6.45) is 4.24. The first-order valence-corrected chi connectivity index (χ1v) is 6.04. The van der Waals surface area contributed by atoms with E-state index in [4.69, 9.17) is 0 Å². The highest BCUT2D eigenvalue weighted by Gasteiger charge is 1.92. The van der Waals surface area contributed by atoms with Crippen LogP contribution >= 0.6 is 27.3 Å². The predicted molar refractivity (Wildman–Crippen MR) is 67.4 cm³/mol. The number of halogens is 1. The molecule has 0 nitrogen and oxygen atoms in total. The van der Waals surface area contributed by atoms with Crippen molar-refractivity contribution in [2.75, 3.05) is 0 Å². The molecule has 0 radical (unpaired) electrons. The van der Waals surface area contributed by atoms with E-state index in [0.29, 0.717) is 0 Å². The monoisotopic (exact) mass is 264 g/mol. The Bertz CT molecular complexity index is 429. The zero-order valence-electron chi connectivity index (χ0n) is 7.48. The molecule has 0 aliphatic heterocycles. The van der Waals surface area contributed by atoms with Gasteiger partial charge in [-0.05, 0) is 34.0 Å². The van der Waals surface area contributed by atoms with Crippen molar-refractivity contribution in [2.24, 2.45) is 0 Å². The fourth-order valence-corrected chi connectivity index (χ4v) is 2.21. The van der Waals surface area contributed by atoms with Crippen LogP contribution in [0.3, 0.4) is 0 Å². The number of hydrogen-bond acceptors (Lipinski definition) is 1. The Balaban J connectivity index is 2.23. The summed E-state index contributed by atoms with van der Waals surface area (Å²) in [6.45, 7) is 0. The third kappa shape index (κ3) is 2.34. The molecule has 0 fully saturated rings. The minimum atomic E-state index is 1.13. The van der Waals surface area contributed by atoms with E-state index in [2.05, 4.69) is 51.0 Å². The molecule has 2 aromatic rings. The van der Waals surface area contributed by atoms with Crippen molar-refractivity contribution in [1.82, 2.24) is 0 Å². The SMILES string of the molecule is Brc1ccccc1C=Cc1ccsc1. The third-order valence-corrected chi connectivity index (χ3v) is 3.33. The molecule has 0 amide bonds. The van der Waals surface area contributed by atoms with Crippen LogP contribution in [-0.4, -0.2) is 0 Å². The summed E-state index contributed by atoms with van der Waals surface area (Å²) in [5, 5.41) is 4.22. The lowest BCUT2D eigenvalue weighted by molar-refractivity contribution is 1.61. The van der Waals surface area contributed by atoms with E-state index in [1.807, 2.05) is 18.2 Å². The summed E-state index contributed by atoms with van der Waals surface area (Å²) in [5.41, 5.74) is 2.46. The summed E-state index contributed by atoms with van der Waals surface area (Å²) in [5.74, 6) is 0. The quantitative estimate of drug-likeness (QED) is 0.739. The maximum absolute atomic E-state index is 3.51. The molecule has 0 atom stereocenters. The van der Waals surface area contributed by atoms with E-state index < -0.39 is 0 Å². The molecule has 2 rings (SSSR count). The Morgan fingerprint density at radius 3 is 2.64 bits per heavy atom. The van der Waals surface area contributed by atoms with Gasteiger partial charge in [-0.15, -0.1) is 0 Å². The van der Waals surface area contributed by atoms with Crippen molar-refractivity contribution < 1.29 is 0 Å². The largest absolute Gasteiger partial charge is 0.152 e. The highest BCUT2D eigenvalue weighted by atomic mass is 79.9. The van der Waals surface area contributed by atoms with Crippen molar-refractivity contribution in [1.29, 1.82) is 0 Å². The van der Waals surface area contributed by atoms with E-state index >= 15 is 0 Å². The second-order valence-electron chi connectivity index (χ2n) is 2.91. The third-order valence-electron chi connectivity index (χ3n) is 1.90. The number of rotatable bonds is 2. The molecule has 0 aliphatic carbocycles. The van der Waals surface area contributed by atoms with E-state index in [0.717, 1.165) is 4.47 Å². The number of hydrogen-bond donors (Lipinski definition) is 0. The molecule has 0 aliphatic rings. The van der Waals surface area contributed by atoms with Crippen molar-refractivity contribution >= 4 is 39.4 Å². The van der Waals surface area contributed by atoms with Crippen LogP contribution in [0, 0.1) is 0 Å². The molecular weight excluding hydrogens is 256 g/mol. The van der Waals surface area contributed by atoms with Gasteiger partial charge >= 0.3 is 0 Å². The summed E-state index contributed by atoms with van der Waals surface area (Å²) in [4.78, 5) is 0. The van der Waals surface area contributed by atoms with Crippen molar-refractivity contribution in [3.8, 4) is 0 Å². The molecule has 0 bridgehead atoms. The Morgan fingerprint density at radius 2 is 1.93 bits per heavy atom. The maximum atomic E-state index is 3.51. The standard InChI is InChI=1S/C12H9BrS/c13-12-4-2-1-3-11(12)6-5-10-7-8-14-9-10/h1-9H. The average molecular weight is 265 g/mol. The van der Waals surface area contributed by atoms with Crippen LogP contribution in [0.15, 0.2) is 45.6 Å². The van der Waals surface area contributed by atoms with Crippen molar-refractivity contribution in [2.45, 2.75) is 0 Å². The zero-order valence-corrected chi connectivity index (χ0v) is 9.88. The summed E-state index contributed by atoms with van der Waals surface area (Å²) in [7, 11) is 0. The summed E-state index contributed by atoms with van der Waals surface area (Å²) >= 11 is 5.23. The number of thiophene rings is 1. The molecule has 0 N–H and O–H groups in total. The number of benzene rings is 1. The van der Waals surface area contributed by atoms with Crippen LogP contribution in [0.5, 0.6) is 0 Å². The minimum Gasteiger partial charge on any atom is -0.152 e. The minimum absolute atomic E-state index is 1.13. The molecular formula is C12H9BrS. The average Bonchev–Trinajstić information content (AvgIpc) is 2.69. The molecule has 1 aromatic heterocycles. The van der Waals surface area contributed by atoms with Gasteiger partial charge in [0.25, 0.3) is 0 Å². The van der Waals surface area contributed by atoms with Crippen LogP contribution in [-0.2, 0) is 0 Å². The van der Waals surface area contributed by atoms with Crippen LogP contribution in [0.4, 0.5) is 0 Å². The Hall–Kier alpha value is -0.860. The van der Waals surface area contributed by atoms with Gasteiger partial charge in [-0.3, -0.25) is 0 Å². The first kappa shape index (κ1) is 9.69. The highest BCUT2D eigenvalue weighted by Crippen LogP contribution is 2.19. The first-order chi connectivity index (χ1) is 6.86. The molecule has 14 heavy (non-hydrogen) atoms. The summed E-state index contributed by atoms with van der Waals surface area (Å²) < 4.78 is 1.13. The Kier molecular flexibility index (Phi) is 3.17. The van der Waals surface area contributed by atoms with E-state index in [1.165, 1.54) is 11.1 Å². The topological polar surface area (TPSA) is 0 Å². The van der Waals surface area contributed by atoms with E-state index in [9.17, 15) is 0 Å². The maximum Gasteiger partial charge on any atom is 0.0247 e. The van der Waals surface area contributed by atoms with Gasteiger partial charge in [0.1, 0.15) is 0 Å². The molecule has 1 aromatic carbocycles. The van der Waals surface area contributed by atoms with Crippen molar-refractivity contribution in [3.63, 3.8) is 0 Å². The fourth-order valence-electron chi connectivity index (χ4n) is 1.17. The first-order valence-electron chi connectivity index (χ1n) is 4.31. The van der Waals surface area contributed by atoms with Gasteiger partial charge in [-0.25, -0.2) is 0 Å². The van der Waals surface area contributed by atoms with Gasteiger partial charge < -0.3 is 0 Å². The molecule has 70 valence electrons. The zero-order chi connectivity index (χ0) is 9.80. The molecule has 1 heterocycles. The van der Waals surface area contributed by atoms with Gasteiger partial charge in [0.15, 0.2) is 0 Å². The fraction of sp³-hybridized carbons (Fsp3) is 0. The van der Waals surface area contributed by atoms with E-state index in [-0.39, 0.29) is 0 Å². The second kappa shape index (κ2) is 4.58. The normalized spacial score (nSPS) is 10.9. The molecule has 2 heteroatoms. The van der Waals surface area contributed by atoms with Crippen LogP contribution in [0.25, 0.3) is 12.2 Å². The predicted octanol–water partition coefficient (Wildman–Crippen LogP) is 4.68. The highest BCUT2D eigenvalue weighted by molar-refractivity contribution is 9.10. The van der Waals surface area contributed by atoms with Gasteiger partial charge in [0.2, 0.25) is 0 Å². The molecule has 0 unspecified atom stereocenters. The molecule has 0 spiro atoms. The van der Waals surface area contributed by atoms with Gasteiger partial charge in [0.05, 0.1) is 0 Å². The van der Waals surface area contributed by atoms with Crippen LogP contribution in [0.2, 0.25) is 0 Å². The lowest BCUT2D eigenvalue weighted by Crippen LogP contribution is -1.72. The Morgan fingerprint density at radius 1 is 1.07 bits per heavy atom. The smallest absolute Gasteiger partial charge is 0.0247 e.